The minimum atomic E-state index is -0.369. The fraction of sp³-hybridized carbons (Fsp3) is 0.333. The second kappa shape index (κ2) is 12.1. The molecular formula is C24H26ClN7O4. The lowest BCUT2D eigenvalue weighted by molar-refractivity contribution is -0.129. The third-order valence-electron chi connectivity index (χ3n) is 5.71. The molecule has 188 valence electrons. The molecular weight excluding hydrogens is 486 g/mol. The molecule has 1 amide bonds. The topological polar surface area (TPSA) is 131 Å². The third kappa shape index (κ3) is 6.16. The summed E-state index contributed by atoms with van der Waals surface area (Å²) in [6.45, 7) is 1.93. The van der Waals surface area contributed by atoms with Gasteiger partial charge in [-0.05, 0) is 36.6 Å². The standard InChI is InChI=1S/C24H26ClN7O4/c1-35-20-6-5-16(10-19(20)25)11-28-22-18(23(34)29-13-21-26-7-3-8-27-21)12-30-24(31-22)32-9-2-4-17(32)14-36-15-33/h3,5-8,10,12,15,17H,2,4,9,11,13-14H2,1H3,(H,29,34)(H,28,30,31). The first-order chi connectivity index (χ1) is 17.6. The van der Waals surface area contributed by atoms with Gasteiger partial charge in [-0.2, -0.15) is 4.98 Å². The molecule has 1 unspecified atom stereocenters. The number of amides is 1. The molecule has 2 aromatic heterocycles. The van der Waals surface area contributed by atoms with Crippen LogP contribution in [0.15, 0.2) is 42.9 Å². The highest BCUT2D eigenvalue weighted by Crippen LogP contribution is 2.27. The number of aromatic nitrogens is 4. The largest absolute Gasteiger partial charge is 0.495 e. The fourth-order valence-corrected chi connectivity index (χ4v) is 4.20. The molecule has 12 heteroatoms. The summed E-state index contributed by atoms with van der Waals surface area (Å²) in [5.74, 6) is 1.50. The van der Waals surface area contributed by atoms with E-state index in [-0.39, 0.29) is 30.7 Å². The molecule has 3 heterocycles. The number of nitrogens with zero attached hydrogens (tertiary/aromatic N) is 5. The Morgan fingerprint density at radius 2 is 2.08 bits per heavy atom. The van der Waals surface area contributed by atoms with Crippen molar-refractivity contribution in [1.29, 1.82) is 0 Å². The Hall–Kier alpha value is -3.99. The number of hydrogen-bond acceptors (Lipinski definition) is 10. The van der Waals surface area contributed by atoms with Crippen molar-refractivity contribution < 1.29 is 19.1 Å². The summed E-state index contributed by atoms with van der Waals surface area (Å²) in [7, 11) is 1.55. The molecule has 0 spiro atoms. The van der Waals surface area contributed by atoms with Crippen molar-refractivity contribution in [2.24, 2.45) is 0 Å². The van der Waals surface area contributed by atoms with Crippen molar-refractivity contribution in [3.8, 4) is 5.75 Å². The van der Waals surface area contributed by atoms with Crippen LogP contribution in [0.2, 0.25) is 5.02 Å². The molecule has 0 saturated carbocycles. The zero-order chi connectivity index (χ0) is 25.3. The maximum absolute atomic E-state index is 13.0. The molecule has 36 heavy (non-hydrogen) atoms. The number of carbonyl (C=O) groups is 2. The molecule has 1 atom stereocenters. The number of ether oxygens (including phenoxy) is 2. The van der Waals surface area contributed by atoms with Crippen LogP contribution in [-0.2, 0) is 22.6 Å². The fourth-order valence-electron chi connectivity index (χ4n) is 3.92. The van der Waals surface area contributed by atoms with Crippen molar-refractivity contribution in [2.75, 3.05) is 30.5 Å². The van der Waals surface area contributed by atoms with Gasteiger partial charge in [0.2, 0.25) is 5.95 Å². The Labute approximate surface area is 213 Å². The van der Waals surface area contributed by atoms with Gasteiger partial charge < -0.3 is 25.0 Å². The number of nitrogens with one attached hydrogen (secondary N) is 2. The summed E-state index contributed by atoms with van der Waals surface area (Å²) in [5.41, 5.74) is 1.15. The monoisotopic (exact) mass is 511 g/mol. The average molecular weight is 512 g/mol. The molecule has 0 radical (unpaired) electrons. The Bertz CT molecular complexity index is 1200. The molecule has 4 rings (SSSR count). The van der Waals surface area contributed by atoms with Gasteiger partial charge in [0.1, 0.15) is 29.6 Å². The van der Waals surface area contributed by atoms with Crippen LogP contribution in [0.5, 0.6) is 5.75 Å². The van der Waals surface area contributed by atoms with E-state index in [4.69, 9.17) is 21.1 Å². The van der Waals surface area contributed by atoms with Crippen LogP contribution in [0.25, 0.3) is 0 Å². The molecule has 1 aliphatic heterocycles. The summed E-state index contributed by atoms with van der Waals surface area (Å²) in [5, 5.41) is 6.53. The Balaban J connectivity index is 1.56. The summed E-state index contributed by atoms with van der Waals surface area (Å²) in [6, 6.07) is 7.12. The minimum Gasteiger partial charge on any atom is -0.495 e. The lowest BCUT2D eigenvalue weighted by Crippen LogP contribution is -2.35. The first kappa shape index (κ1) is 25.1. The predicted molar refractivity (Wildman–Crippen MR) is 133 cm³/mol. The first-order valence-electron chi connectivity index (χ1n) is 11.4. The number of halogens is 1. The molecule has 11 nitrogen and oxygen atoms in total. The van der Waals surface area contributed by atoms with Crippen molar-refractivity contribution in [2.45, 2.75) is 32.0 Å². The van der Waals surface area contributed by atoms with Gasteiger partial charge >= 0.3 is 0 Å². The lowest BCUT2D eigenvalue weighted by atomic mass is 10.2. The van der Waals surface area contributed by atoms with E-state index in [1.165, 1.54) is 6.20 Å². The van der Waals surface area contributed by atoms with Gasteiger partial charge in [0, 0.05) is 31.7 Å². The summed E-state index contributed by atoms with van der Waals surface area (Å²) in [6.07, 6.45) is 6.48. The van der Waals surface area contributed by atoms with E-state index in [0.717, 1.165) is 24.9 Å². The van der Waals surface area contributed by atoms with E-state index >= 15 is 0 Å². The second-order valence-corrected chi connectivity index (χ2v) is 8.43. The summed E-state index contributed by atoms with van der Waals surface area (Å²) < 4.78 is 10.2. The van der Waals surface area contributed by atoms with Crippen LogP contribution < -0.4 is 20.3 Å². The highest BCUT2D eigenvalue weighted by molar-refractivity contribution is 6.32. The lowest BCUT2D eigenvalue weighted by Gasteiger charge is -2.24. The van der Waals surface area contributed by atoms with Gasteiger partial charge in [-0.15, -0.1) is 0 Å². The molecule has 1 aliphatic rings. The van der Waals surface area contributed by atoms with Gasteiger partial charge in [0.15, 0.2) is 0 Å². The van der Waals surface area contributed by atoms with E-state index in [9.17, 15) is 9.59 Å². The van der Waals surface area contributed by atoms with E-state index < -0.39 is 0 Å². The van der Waals surface area contributed by atoms with Gasteiger partial charge in [-0.3, -0.25) is 9.59 Å². The molecule has 3 aromatic rings. The molecule has 1 saturated heterocycles. The zero-order valence-electron chi connectivity index (χ0n) is 19.7. The van der Waals surface area contributed by atoms with Crippen LogP contribution in [0.3, 0.4) is 0 Å². The Kier molecular flexibility index (Phi) is 8.45. The number of benzene rings is 1. The van der Waals surface area contributed by atoms with Gasteiger partial charge in [0.25, 0.3) is 12.4 Å². The summed E-state index contributed by atoms with van der Waals surface area (Å²) in [4.78, 5) is 43.1. The second-order valence-electron chi connectivity index (χ2n) is 8.02. The average Bonchev–Trinajstić information content (AvgIpc) is 3.38. The number of carbonyl (C=O) groups excluding carboxylic acids is 2. The van der Waals surface area contributed by atoms with E-state index in [0.29, 0.717) is 41.4 Å². The van der Waals surface area contributed by atoms with Crippen LogP contribution >= 0.6 is 11.6 Å². The van der Waals surface area contributed by atoms with E-state index in [2.05, 4.69) is 30.6 Å². The molecule has 2 N–H and O–H groups in total. The minimum absolute atomic E-state index is 0.0293. The molecule has 0 bridgehead atoms. The number of hydrogen-bond donors (Lipinski definition) is 2. The molecule has 0 aliphatic carbocycles. The quantitative estimate of drug-likeness (QED) is 0.370. The molecule has 1 aromatic carbocycles. The summed E-state index contributed by atoms with van der Waals surface area (Å²) >= 11 is 6.26. The highest BCUT2D eigenvalue weighted by atomic mass is 35.5. The van der Waals surface area contributed by atoms with Gasteiger partial charge in [-0.1, -0.05) is 17.7 Å². The SMILES string of the molecule is COc1ccc(CNc2nc(N3CCCC3COC=O)ncc2C(=O)NCc2ncccn2)cc1Cl. The number of anilines is 2. The molecule has 1 fully saturated rings. The van der Waals surface area contributed by atoms with Crippen molar-refractivity contribution in [3.05, 3.63) is 64.8 Å². The van der Waals surface area contributed by atoms with Gasteiger partial charge in [-0.25, -0.2) is 15.0 Å². The van der Waals surface area contributed by atoms with E-state index in [1.54, 1.807) is 37.7 Å². The van der Waals surface area contributed by atoms with Crippen molar-refractivity contribution in [3.63, 3.8) is 0 Å². The third-order valence-corrected chi connectivity index (χ3v) is 6.01. The Morgan fingerprint density at radius 3 is 2.83 bits per heavy atom. The smallest absolute Gasteiger partial charge is 0.293 e. The predicted octanol–water partition coefficient (Wildman–Crippen LogP) is 2.61. The first-order valence-corrected chi connectivity index (χ1v) is 11.8. The zero-order valence-corrected chi connectivity index (χ0v) is 20.4. The van der Waals surface area contributed by atoms with Crippen LogP contribution in [0.1, 0.15) is 34.6 Å². The van der Waals surface area contributed by atoms with Crippen LogP contribution in [0, 0.1) is 0 Å². The van der Waals surface area contributed by atoms with Crippen LogP contribution in [-0.4, -0.2) is 58.6 Å². The number of rotatable bonds is 11. The van der Waals surface area contributed by atoms with Crippen LogP contribution in [0.4, 0.5) is 11.8 Å². The van der Waals surface area contributed by atoms with Gasteiger partial charge in [0.05, 0.1) is 24.7 Å². The van der Waals surface area contributed by atoms with E-state index in [1.807, 2.05) is 11.0 Å². The maximum atomic E-state index is 13.0. The maximum Gasteiger partial charge on any atom is 0.293 e. The van der Waals surface area contributed by atoms with Crippen molar-refractivity contribution in [1.82, 2.24) is 25.3 Å². The van der Waals surface area contributed by atoms with Crippen molar-refractivity contribution >= 4 is 35.7 Å². The number of methoxy groups -OCH3 is 1. The Morgan fingerprint density at radius 1 is 1.25 bits per heavy atom. The highest BCUT2D eigenvalue weighted by Gasteiger charge is 2.28. The normalized spacial score (nSPS) is 14.8.